The summed E-state index contributed by atoms with van der Waals surface area (Å²) in [5.74, 6) is 0. The molecule has 2 aromatic rings. The number of aliphatic hydroxyl groups is 1. The number of carbonyl (C=O) groups excluding carboxylic acids is 1. The van der Waals surface area contributed by atoms with Gasteiger partial charge in [-0.25, -0.2) is 9.78 Å². The zero-order valence-corrected chi connectivity index (χ0v) is 12.5. The van der Waals surface area contributed by atoms with E-state index >= 15 is 0 Å². The molecule has 0 saturated carbocycles. The van der Waals surface area contributed by atoms with Crippen LogP contribution in [0.1, 0.15) is 27.1 Å². The summed E-state index contributed by atoms with van der Waals surface area (Å²) in [4.78, 5) is 17.1. The first kappa shape index (κ1) is 14.0. The van der Waals surface area contributed by atoms with Crippen LogP contribution < -0.4 is 10.6 Å². The van der Waals surface area contributed by atoms with Crippen LogP contribution in [0.5, 0.6) is 0 Å². The Labute approximate surface area is 127 Å². The molecule has 5 nitrogen and oxygen atoms in total. The number of hydrogen-bond acceptors (Lipinski definition) is 4. The molecule has 0 radical (unpaired) electrons. The van der Waals surface area contributed by atoms with Gasteiger partial charge in [0.05, 0.1) is 23.7 Å². The van der Waals surface area contributed by atoms with Gasteiger partial charge in [-0.2, -0.15) is 0 Å². The van der Waals surface area contributed by atoms with Crippen molar-refractivity contribution in [2.24, 2.45) is 0 Å². The fourth-order valence-corrected chi connectivity index (χ4v) is 3.33. The molecule has 110 valence electrons. The molecular weight excluding hydrogens is 286 g/mol. The Morgan fingerprint density at radius 1 is 1.48 bits per heavy atom. The Kier molecular flexibility index (Phi) is 3.90. The van der Waals surface area contributed by atoms with Gasteiger partial charge in [-0.15, -0.1) is 11.3 Å². The number of carbonyl (C=O) groups is 1. The lowest BCUT2D eigenvalue weighted by Crippen LogP contribution is -2.40. The Balaban J connectivity index is 1.60. The lowest BCUT2D eigenvalue weighted by molar-refractivity contribution is 0.142. The minimum absolute atomic E-state index is 0.276. The maximum absolute atomic E-state index is 12.0. The topological polar surface area (TPSA) is 74.2 Å². The van der Waals surface area contributed by atoms with E-state index in [-0.39, 0.29) is 12.1 Å². The van der Waals surface area contributed by atoms with Gasteiger partial charge in [0.2, 0.25) is 0 Å². The maximum Gasteiger partial charge on any atom is 0.315 e. The summed E-state index contributed by atoms with van der Waals surface area (Å²) in [6.07, 6.45) is 1.77. The van der Waals surface area contributed by atoms with Crippen LogP contribution in [0, 0.1) is 6.92 Å². The predicted octanol–water partition coefficient (Wildman–Crippen LogP) is 1.91. The van der Waals surface area contributed by atoms with E-state index in [9.17, 15) is 9.90 Å². The number of aryl methyl sites for hydroxylation is 1. The summed E-state index contributed by atoms with van der Waals surface area (Å²) in [5, 5.41) is 16.7. The number of amides is 2. The van der Waals surface area contributed by atoms with E-state index in [1.807, 2.05) is 31.2 Å². The molecule has 0 aliphatic heterocycles. The highest BCUT2D eigenvalue weighted by Crippen LogP contribution is 2.31. The van der Waals surface area contributed by atoms with Gasteiger partial charge in [0.15, 0.2) is 0 Å². The quantitative estimate of drug-likeness (QED) is 0.811. The normalized spacial score (nSPS) is 20.1. The molecule has 0 spiro atoms. The number of aliphatic hydroxyl groups excluding tert-OH is 1. The van der Waals surface area contributed by atoms with Crippen molar-refractivity contribution in [1.29, 1.82) is 0 Å². The summed E-state index contributed by atoms with van der Waals surface area (Å²) in [5.41, 5.74) is 2.09. The molecule has 0 fully saturated rings. The Bertz CT molecular complexity index is 656. The Morgan fingerprint density at radius 2 is 2.29 bits per heavy atom. The molecule has 6 heteroatoms. The predicted molar refractivity (Wildman–Crippen MR) is 81.1 cm³/mol. The van der Waals surface area contributed by atoms with Crippen molar-refractivity contribution >= 4 is 17.4 Å². The maximum atomic E-state index is 12.0. The summed E-state index contributed by atoms with van der Waals surface area (Å²) in [7, 11) is 0. The van der Waals surface area contributed by atoms with Crippen LogP contribution >= 0.6 is 11.3 Å². The second kappa shape index (κ2) is 5.83. The number of thiazole rings is 1. The van der Waals surface area contributed by atoms with E-state index < -0.39 is 6.10 Å². The van der Waals surface area contributed by atoms with Crippen LogP contribution in [0.2, 0.25) is 0 Å². The minimum atomic E-state index is -0.571. The summed E-state index contributed by atoms with van der Waals surface area (Å²) in [6.45, 7) is 2.38. The fourth-order valence-electron chi connectivity index (χ4n) is 2.59. The van der Waals surface area contributed by atoms with E-state index in [2.05, 4.69) is 15.6 Å². The van der Waals surface area contributed by atoms with E-state index in [1.165, 1.54) is 0 Å². The fraction of sp³-hybridized carbons (Fsp3) is 0.333. The third kappa shape index (κ3) is 3.06. The first-order chi connectivity index (χ1) is 10.1. The summed E-state index contributed by atoms with van der Waals surface area (Å²) < 4.78 is 0. The van der Waals surface area contributed by atoms with Crippen LogP contribution in [0.25, 0.3) is 0 Å². The average molecular weight is 303 g/mol. The standard InChI is InChI=1S/C15H17N3O2S/c1-9-16-7-11(21-9)8-17-15(20)18-14-12-5-3-2-4-10(12)6-13(14)19/h2-5,7,13-14,19H,6,8H2,1H3,(H2,17,18,20)/t13-,14+/m0/s1. The number of urea groups is 1. The summed E-state index contributed by atoms with van der Waals surface area (Å²) in [6, 6.07) is 7.18. The number of benzene rings is 1. The first-order valence-corrected chi connectivity index (χ1v) is 7.66. The molecular formula is C15H17N3O2S. The molecule has 3 rings (SSSR count). The van der Waals surface area contributed by atoms with Gasteiger partial charge < -0.3 is 15.7 Å². The molecule has 1 aliphatic rings. The molecule has 2 amide bonds. The molecule has 0 bridgehead atoms. The van der Waals surface area contributed by atoms with Gasteiger partial charge in [-0.1, -0.05) is 24.3 Å². The Morgan fingerprint density at radius 3 is 3.05 bits per heavy atom. The van der Waals surface area contributed by atoms with E-state index in [4.69, 9.17) is 0 Å². The number of rotatable bonds is 3. The van der Waals surface area contributed by atoms with Crippen molar-refractivity contribution in [2.75, 3.05) is 0 Å². The minimum Gasteiger partial charge on any atom is -0.390 e. The first-order valence-electron chi connectivity index (χ1n) is 6.85. The third-order valence-electron chi connectivity index (χ3n) is 3.58. The highest BCUT2D eigenvalue weighted by atomic mass is 32.1. The van der Waals surface area contributed by atoms with Gasteiger partial charge in [0, 0.05) is 17.5 Å². The van der Waals surface area contributed by atoms with Crippen molar-refractivity contribution in [3.05, 3.63) is 51.5 Å². The lowest BCUT2D eigenvalue weighted by atomic mass is 10.1. The molecule has 1 aliphatic carbocycles. The van der Waals surface area contributed by atoms with Crippen molar-refractivity contribution in [2.45, 2.75) is 32.0 Å². The van der Waals surface area contributed by atoms with Crippen LogP contribution in [0.4, 0.5) is 4.79 Å². The van der Waals surface area contributed by atoms with E-state index in [0.29, 0.717) is 13.0 Å². The zero-order valence-electron chi connectivity index (χ0n) is 11.7. The van der Waals surface area contributed by atoms with Crippen molar-refractivity contribution in [3.8, 4) is 0 Å². The zero-order chi connectivity index (χ0) is 14.8. The molecule has 0 unspecified atom stereocenters. The monoisotopic (exact) mass is 303 g/mol. The van der Waals surface area contributed by atoms with E-state index in [0.717, 1.165) is 21.0 Å². The molecule has 1 aromatic heterocycles. The molecule has 21 heavy (non-hydrogen) atoms. The van der Waals surface area contributed by atoms with Crippen molar-refractivity contribution in [3.63, 3.8) is 0 Å². The van der Waals surface area contributed by atoms with Gasteiger partial charge >= 0.3 is 6.03 Å². The lowest BCUT2D eigenvalue weighted by Gasteiger charge is -2.18. The molecule has 0 saturated heterocycles. The van der Waals surface area contributed by atoms with Crippen LogP contribution in [-0.4, -0.2) is 22.2 Å². The van der Waals surface area contributed by atoms with Crippen LogP contribution in [0.3, 0.4) is 0 Å². The number of aromatic nitrogens is 1. The van der Waals surface area contributed by atoms with Gasteiger partial charge in [0.1, 0.15) is 0 Å². The number of hydrogen-bond donors (Lipinski definition) is 3. The average Bonchev–Trinajstić information content (AvgIpc) is 3.01. The van der Waals surface area contributed by atoms with Crippen LogP contribution in [-0.2, 0) is 13.0 Å². The molecule has 1 aromatic carbocycles. The second-order valence-electron chi connectivity index (χ2n) is 5.12. The smallest absolute Gasteiger partial charge is 0.315 e. The number of nitrogens with zero attached hydrogens (tertiary/aromatic N) is 1. The largest absolute Gasteiger partial charge is 0.390 e. The van der Waals surface area contributed by atoms with Crippen molar-refractivity contribution < 1.29 is 9.90 Å². The van der Waals surface area contributed by atoms with Gasteiger partial charge in [-0.05, 0) is 18.1 Å². The molecule has 1 heterocycles. The van der Waals surface area contributed by atoms with Gasteiger partial charge in [0.25, 0.3) is 0 Å². The Hall–Kier alpha value is -1.92. The number of fused-ring (bicyclic) bond motifs is 1. The highest BCUT2D eigenvalue weighted by Gasteiger charge is 2.31. The SMILES string of the molecule is Cc1ncc(CNC(=O)N[C@@H]2c3ccccc3C[C@@H]2O)s1. The molecule has 3 N–H and O–H groups in total. The number of nitrogens with one attached hydrogen (secondary N) is 2. The third-order valence-corrected chi connectivity index (χ3v) is 4.50. The summed E-state index contributed by atoms with van der Waals surface area (Å²) >= 11 is 1.56. The van der Waals surface area contributed by atoms with Gasteiger partial charge in [-0.3, -0.25) is 0 Å². The van der Waals surface area contributed by atoms with E-state index in [1.54, 1.807) is 17.5 Å². The second-order valence-corrected chi connectivity index (χ2v) is 6.44. The molecule has 2 atom stereocenters. The van der Waals surface area contributed by atoms with Crippen LogP contribution in [0.15, 0.2) is 30.5 Å². The highest BCUT2D eigenvalue weighted by molar-refractivity contribution is 7.11. The van der Waals surface area contributed by atoms with Crippen molar-refractivity contribution in [1.82, 2.24) is 15.6 Å².